The lowest BCUT2D eigenvalue weighted by Gasteiger charge is -2.37. The van der Waals surface area contributed by atoms with Crippen molar-refractivity contribution in [3.8, 4) is 0 Å². The van der Waals surface area contributed by atoms with Crippen LogP contribution in [-0.4, -0.2) is 31.2 Å². The fourth-order valence-corrected chi connectivity index (χ4v) is 3.04. The van der Waals surface area contributed by atoms with Crippen LogP contribution in [0.2, 0.25) is 0 Å². The summed E-state index contributed by atoms with van der Waals surface area (Å²) in [6, 6.07) is 10.7. The second-order valence-corrected chi connectivity index (χ2v) is 6.44. The normalized spacial score (nSPS) is 15.4. The van der Waals surface area contributed by atoms with Crippen LogP contribution in [0.5, 0.6) is 0 Å². The van der Waals surface area contributed by atoms with E-state index in [0.29, 0.717) is 0 Å². The van der Waals surface area contributed by atoms with Crippen LogP contribution in [-0.2, 0) is 0 Å². The summed E-state index contributed by atoms with van der Waals surface area (Å²) in [5.41, 5.74) is 4.13. The van der Waals surface area contributed by atoms with Crippen LogP contribution in [0.25, 0.3) is 0 Å². The van der Waals surface area contributed by atoms with E-state index in [9.17, 15) is 0 Å². The molecule has 21 heavy (non-hydrogen) atoms. The van der Waals surface area contributed by atoms with Gasteiger partial charge in [0.25, 0.3) is 0 Å². The fourth-order valence-electron chi connectivity index (χ4n) is 2.81. The van der Waals surface area contributed by atoms with Crippen LogP contribution < -0.4 is 9.80 Å². The number of hydrogen-bond acceptors (Lipinski definition) is 3. The summed E-state index contributed by atoms with van der Waals surface area (Å²) in [5.74, 6) is 1.07. The number of aryl methyl sites for hydroxylation is 1. The van der Waals surface area contributed by atoms with Crippen LogP contribution in [0.15, 0.2) is 41.0 Å². The number of anilines is 2. The fraction of sp³-hybridized carbons (Fsp3) is 0.353. The van der Waals surface area contributed by atoms with Crippen LogP contribution in [0.3, 0.4) is 0 Å². The Balaban J connectivity index is 1.70. The minimum atomic E-state index is 1.02. The molecule has 0 atom stereocenters. The van der Waals surface area contributed by atoms with Gasteiger partial charge in [-0.15, -0.1) is 0 Å². The van der Waals surface area contributed by atoms with Crippen LogP contribution >= 0.6 is 15.9 Å². The first-order valence-electron chi connectivity index (χ1n) is 7.33. The summed E-state index contributed by atoms with van der Waals surface area (Å²) in [6.45, 7) is 8.52. The van der Waals surface area contributed by atoms with E-state index in [0.717, 1.165) is 36.5 Å². The van der Waals surface area contributed by atoms with Gasteiger partial charge in [0.05, 0.1) is 0 Å². The average molecular weight is 346 g/mol. The highest BCUT2D eigenvalue weighted by Gasteiger charge is 2.19. The highest BCUT2D eigenvalue weighted by molar-refractivity contribution is 9.10. The predicted molar refractivity (Wildman–Crippen MR) is 92.3 cm³/mol. The van der Waals surface area contributed by atoms with Gasteiger partial charge in [0.1, 0.15) is 5.82 Å². The summed E-state index contributed by atoms with van der Waals surface area (Å²) in [4.78, 5) is 9.33. The molecule has 1 fully saturated rings. The maximum absolute atomic E-state index is 4.49. The van der Waals surface area contributed by atoms with Gasteiger partial charge in [-0.25, -0.2) is 4.98 Å². The standard InChI is InChI=1S/C17H20BrN3/c1-13-4-3-5-16(14(13)2)20-8-10-21(11-9-20)17-7-6-15(18)12-19-17/h3-7,12H,8-11H2,1-2H3. The number of piperazine rings is 1. The molecular formula is C17H20BrN3. The highest BCUT2D eigenvalue weighted by atomic mass is 79.9. The zero-order valence-corrected chi connectivity index (χ0v) is 14.1. The van der Waals surface area contributed by atoms with E-state index < -0.39 is 0 Å². The lowest BCUT2D eigenvalue weighted by Crippen LogP contribution is -2.47. The molecule has 1 aliphatic heterocycles. The Morgan fingerprint density at radius 1 is 0.952 bits per heavy atom. The zero-order valence-electron chi connectivity index (χ0n) is 12.5. The third kappa shape index (κ3) is 3.05. The third-order valence-corrected chi connectivity index (χ3v) is 4.70. The van der Waals surface area contributed by atoms with Crippen molar-refractivity contribution < 1.29 is 0 Å². The van der Waals surface area contributed by atoms with Crippen molar-refractivity contribution in [3.63, 3.8) is 0 Å². The molecule has 1 aromatic carbocycles. The summed E-state index contributed by atoms with van der Waals surface area (Å²) in [7, 11) is 0. The van der Waals surface area contributed by atoms with Gasteiger partial charge in [-0.2, -0.15) is 0 Å². The summed E-state index contributed by atoms with van der Waals surface area (Å²) in [5, 5.41) is 0. The topological polar surface area (TPSA) is 19.4 Å². The molecule has 0 aliphatic carbocycles. The van der Waals surface area contributed by atoms with Gasteiger partial charge < -0.3 is 9.80 Å². The van der Waals surface area contributed by atoms with E-state index in [1.807, 2.05) is 6.20 Å². The molecule has 0 saturated carbocycles. The number of nitrogens with zero attached hydrogens (tertiary/aromatic N) is 3. The zero-order chi connectivity index (χ0) is 14.8. The van der Waals surface area contributed by atoms with Crippen LogP contribution in [0.1, 0.15) is 11.1 Å². The minimum Gasteiger partial charge on any atom is -0.368 e. The Morgan fingerprint density at radius 3 is 2.33 bits per heavy atom. The molecule has 110 valence electrons. The summed E-state index contributed by atoms with van der Waals surface area (Å²) < 4.78 is 1.03. The van der Waals surface area contributed by atoms with Crippen molar-refractivity contribution >= 4 is 27.4 Å². The van der Waals surface area contributed by atoms with Crippen LogP contribution in [0, 0.1) is 13.8 Å². The third-order valence-electron chi connectivity index (χ3n) is 4.23. The molecule has 0 bridgehead atoms. The van der Waals surface area contributed by atoms with Crippen molar-refractivity contribution in [1.82, 2.24) is 4.98 Å². The van der Waals surface area contributed by atoms with Crippen molar-refractivity contribution in [3.05, 3.63) is 52.1 Å². The minimum absolute atomic E-state index is 1.02. The molecule has 4 heteroatoms. The molecule has 1 aliphatic rings. The number of hydrogen-bond donors (Lipinski definition) is 0. The van der Waals surface area contributed by atoms with Gasteiger partial charge in [-0.1, -0.05) is 12.1 Å². The van der Waals surface area contributed by atoms with Crippen LogP contribution in [0.4, 0.5) is 11.5 Å². The largest absolute Gasteiger partial charge is 0.368 e. The van der Waals surface area contributed by atoms with Gasteiger partial charge in [0.15, 0.2) is 0 Å². The van der Waals surface area contributed by atoms with Crippen molar-refractivity contribution in [2.24, 2.45) is 0 Å². The first-order valence-corrected chi connectivity index (χ1v) is 8.12. The summed E-state index contributed by atoms with van der Waals surface area (Å²) >= 11 is 3.44. The van der Waals surface area contributed by atoms with Gasteiger partial charge in [-0.05, 0) is 59.1 Å². The maximum Gasteiger partial charge on any atom is 0.128 e. The Morgan fingerprint density at radius 2 is 1.67 bits per heavy atom. The molecule has 0 N–H and O–H groups in total. The Bertz CT molecular complexity index is 616. The second kappa shape index (κ2) is 6.06. The lowest BCUT2D eigenvalue weighted by molar-refractivity contribution is 0.646. The molecule has 1 aromatic heterocycles. The SMILES string of the molecule is Cc1cccc(N2CCN(c3ccc(Br)cn3)CC2)c1C. The molecule has 3 rings (SSSR count). The number of aromatic nitrogens is 1. The lowest BCUT2D eigenvalue weighted by atomic mass is 10.1. The number of pyridine rings is 1. The molecule has 0 amide bonds. The van der Waals surface area contributed by atoms with Gasteiger partial charge in [0, 0.05) is 42.5 Å². The Labute approximate surface area is 134 Å². The smallest absolute Gasteiger partial charge is 0.128 e. The first kappa shape index (κ1) is 14.4. The molecular weight excluding hydrogens is 326 g/mol. The molecule has 0 unspecified atom stereocenters. The Hall–Kier alpha value is -1.55. The molecule has 2 aromatic rings. The van der Waals surface area contributed by atoms with Gasteiger partial charge in [-0.3, -0.25) is 0 Å². The number of benzene rings is 1. The van der Waals surface area contributed by atoms with Gasteiger partial charge in [0.2, 0.25) is 0 Å². The predicted octanol–water partition coefficient (Wildman–Crippen LogP) is 3.79. The van der Waals surface area contributed by atoms with E-state index in [2.05, 4.69) is 74.9 Å². The Kier molecular flexibility index (Phi) is 4.15. The first-order chi connectivity index (χ1) is 10.1. The van der Waals surface area contributed by atoms with Crippen molar-refractivity contribution in [1.29, 1.82) is 0 Å². The quantitative estimate of drug-likeness (QED) is 0.825. The molecule has 1 saturated heterocycles. The van der Waals surface area contributed by atoms with E-state index in [4.69, 9.17) is 0 Å². The van der Waals surface area contributed by atoms with E-state index >= 15 is 0 Å². The second-order valence-electron chi connectivity index (χ2n) is 5.53. The molecule has 2 heterocycles. The molecule has 0 spiro atoms. The monoisotopic (exact) mass is 345 g/mol. The number of halogens is 1. The van der Waals surface area contributed by atoms with Crippen molar-refractivity contribution in [2.75, 3.05) is 36.0 Å². The molecule has 0 radical (unpaired) electrons. The summed E-state index contributed by atoms with van der Waals surface area (Å²) in [6.07, 6.45) is 1.87. The number of rotatable bonds is 2. The molecule has 3 nitrogen and oxygen atoms in total. The maximum atomic E-state index is 4.49. The van der Waals surface area contributed by atoms with E-state index in [1.54, 1.807) is 0 Å². The van der Waals surface area contributed by atoms with Gasteiger partial charge >= 0.3 is 0 Å². The average Bonchev–Trinajstić information content (AvgIpc) is 2.51. The van der Waals surface area contributed by atoms with Crippen molar-refractivity contribution in [2.45, 2.75) is 13.8 Å². The van der Waals surface area contributed by atoms with E-state index in [1.165, 1.54) is 16.8 Å². The van der Waals surface area contributed by atoms with E-state index in [-0.39, 0.29) is 0 Å². The highest BCUT2D eigenvalue weighted by Crippen LogP contribution is 2.25.